The summed E-state index contributed by atoms with van der Waals surface area (Å²) in [5, 5.41) is 34.1. The van der Waals surface area contributed by atoms with Gasteiger partial charge in [0.15, 0.2) is 18.4 Å². The van der Waals surface area contributed by atoms with Crippen LogP contribution >= 0.6 is 0 Å². The summed E-state index contributed by atoms with van der Waals surface area (Å²) in [5.41, 5.74) is 0.204. The van der Waals surface area contributed by atoms with E-state index < -0.39 is 78.6 Å². The number of fused-ring (bicyclic) bond motifs is 2. The topological polar surface area (TPSA) is 189 Å². The van der Waals surface area contributed by atoms with E-state index in [0.717, 1.165) is 18.4 Å². The number of aliphatic hydroxyl groups excluding tert-OH is 2. The molecular formula is C51H80O16. The van der Waals surface area contributed by atoms with E-state index in [1.165, 1.54) is 0 Å². The molecule has 7 aliphatic rings. The van der Waals surface area contributed by atoms with Crippen LogP contribution in [0.2, 0.25) is 0 Å². The number of hydrogen-bond acceptors (Lipinski definition) is 16. The monoisotopic (exact) mass is 949 g/mol. The summed E-state index contributed by atoms with van der Waals surface area (Å²) < 4.78 is 74.7. The number of carbonyl (C=O) groups excluding carboxylic acids is 1. The lowest BCUT2D eigenvalue weighted by Gasteiger charge is -2.51. The summed E-state index contributed by atoms with van der Waals surface area (Å²) in [4.78, 5) is 14.3. The lowest BCUT2D eigenvalue weighted by Crippen LogP contribution is -2.58. The fourth-order valence-corrected chi connectivity index (χ4v) is 11.3. The lowest BCUT2D eigenvalue weighted by atomic mass is 9.71. The third kappa shape index (κ3) is 11.8. The Hall–Kier alpha value is -2.13. The Morgan fingerprint density at radius 2 is 1.66 bits per heavy atom. The molecule has 20 atom stereocenters. The number of hydrogen-bond donors (Lipinski definition) is 3. The standard InChI is InChI=1S/C51H80O16/c1-11-28(2)46-31(5)17-18-50(67-46)25-37-22-36(66-50)16-15-30(4)45(29(3)13-12-14-35-26-60-48-43(52)32(6)21-38(49(54)64-37)51(35,48)55)61-27-58-19-20-59-41-24-40(57-10)47(34(8)63-41)65-42-23-39(56-9)44(53)33(7)62-42/h12-15,21,28-29,31,33-34,36-48,52-53,55H,11,16-20,22-27H2,1-10H3/b13-12+,30-15+,35-14+/t28-,29-,31-,33-,34-,36+,37-,38-,39-,40-,41+,42-,43+,44-,45-,46+,47-,48+,50+,51+/m0/s1. The number of ether oxygens (including phenoxy) is 12. The molecule has 3 N–H and O–H groups in total. The van der Waals surface area contributed by atoms with Crippen molar-refractivity contribution >= 4 is 5.97 Å². The van der Waals surface area contributed by atoms with Gasteiger partial charge in [0.1, 0.15) is 48.8 Å². The summed E-state index contributed by atoms with van der Waals surface area (Å²) in [6.45, 7) is 16.7. The Bertz CT molecular complexity index is 1760. The maximum Gasteiger partial charge on any atom is 0.316 e. The zero-order chi connectivity index (χ0) is 48.2. The lowest BCUT2D eigenvalue weighted by molar-refractivity contribution is -0.340. The van der Waals surface area contributed by atoms with Gasteiger partial charge in [0.2, 0.25) is 0 Å². The first-order valence-electron chi connectivity index (χ1n) is 24.8. The van der Waals surface area contributed by atoms with Crippen molar-refractivity contribution in [2.24, 2.45) is 23.7 Å². The molecule has 380 valence electrons. The molecule has 0 unspecified atom stereocenters. The highest BCUT2D eigenvalue weighted by Crippen LogP contribution is 2.48. The van der Waals surface area contributed by atoms with Crippen LogP contribution in [0.25, 0.3) is 0 Å². The summed E-state index contributed by atoms with van der Waals surface area (Å²) >= 11 is 0. The van der Waals surface area contributed by atoms with Gasteiger partial charge in [-0.15, -0.1) is 0 Å². The quantitative estimate of drug-likeness (QED) is 0.0896. The Morgan fingerprint density at radius 3 is 2.40 bits per heavy atom. The molecule has 6 heterocycles. The third-order valence-electron chi connectivity index (χ3n) is 15.5. The van der Waals surface area contributed by atoms with Crippen LogP contribution in [0.4, 0.5) is 0 Å². The van der Waals surface area contributed by atoms with E-state index in [2.05, 4.69) is 33.8 Å². The predicted molar refractivity (Wildman–Crippen MR) is 244 cm³/mol. The van der Waals surface area contributed by atoms with E-state index in [0.29, 0.717) is 61.5 Å². The van der Waals surface area contributed by atoms with Crippen LogP contribution in [0.15, 0.2) is 47.1 Å². The maximum absolute atomic E-state index is 14.3. The van der Waals surface area contributed by atoms with Gasteiger partial charge in [-0.3, -0.25) is 4.79 Å². The molecule has 6 aliphatic heterocycles. The van der Waals surface area contributed by atoms with Gasteiger partial charge in [0.05, 0.1) is 62.5 Å². The number of carbonyl (C=O) groups is 1. The average Bonchev–Trinajstić information content (AvgIpc) is 3.64. The SMILES string of the molecule is CC[C@H](C)[C@H]1O[C@]2(CC[C@@H]1C)C[C@@H]1C[C@@H](C/C=C(\C)[C@@H](OCOCCO[C@H]3C[C@H](OC)[C@@H](O[C@H]4C[C@H](OC)[C@@H](O)[C@H](C)O4)[C@H](C)O3)[C@@H](C)/C=C/C=C3\CO[C@@H]4[C@H](O)C(C)=C[C@@H](C(=O)O1)[C@]34O)O2. The van der Waals surface area contributed by atoms with E-state index in [-0.39, 0.29) is 63.1 Å². The molecule has 0 amide bonds. The second-order valence-electron chi connectivity index (χ2n) is 20.3. The minimum Gasteiger partial charge on any atom is -0.462 e. The molecule has 16 nitrogen and oxygen atoms in total. The van der Waals surface area contributed by atoms with Crippen molar-refractivity contribution in [2.45, 2.75) is 204 Å². The minimum absolute atomic E-state index is 0.00138. The third-order valence-corrected chi connectivity index (χ3v) is 15.5. The first kappa shape index (κ1) is 52.7. The van der Waals surface area contributed by atoms with Crippen molar-refractivity contribution in [1.82, 2.24) is 0 Å². The molecule has 1 aliphatic carbocycles. The van der Waals surface area contributed by atoms with Gasteiger partial charge in [-0.25, -0.2) is 0 Å². The molecule has 0 aromatic rings. The van der Waals surface area contributed by atoms with Crippen LogP contribution < -0.4 is 0 Å². The van der Waals surface area contributed by atoms with Gasteiger partial charge in [-0.05, 0) is 69.1 Å². The molecule has 5 saturated heterocycles. The average molecular weight is 949 g/mol. The molecule has 0 aromatic carbocycles. The molecule has 7 rings (SSSR count). The molecule has 0 radical (unpaired) electrons. The van der Waals surface area contributed by atoms with Gasteiger partial charge >= 0.3 is 5.97 Å². The normalized spacial score (nSPS) is 46.6. The van der Waals surface area contributed by atoms with Crippen molar-refractivity contribution in [3.63, 3.8) is 0 Å². The zero-order valence-corrected chi connectivity index (χ0v) is 41.4. The highest BCUT2D eigenvalue weighted by Gasteiger charge is 2.60. The summed E-state index contributed by atoms with van der Waals surface area (Å²) in [7, 11) is 3.21. The predicted octanol–water partition coefficient (Wildman–Crippen LogP) is 5.59. The molecule has 67 heavy (non-hydrogen) atoms. The van der Waals surface area contributed by atoms with E-state index in [1.54, 1.807) is 40.2 Å². The van der Waals surface area contributed by atoms with Crippen LogP contribution in [0.5, 0.6) is 0 Å². The van der Waals surface area contributed by atoms with Crippen molar-refractivity contribution in [3.05, 3.63) is 47.1 Å². The first-order chi connectivity index (χ1) is 32.0. The second kappa shape index (κ2) is 23.0. The highest BCUT2D eigenvalue weighted by molar-refractivity contribution is 5.78. The summed E-state index contributed by atoms with van der Waals surface area (Å²) in [5.74, 6) is -2.05. The fourth-order valence-electron chi connectivity index (χ4n) is 11.3. The molecule has 0 saturated carbocycles. The highest BCUT2D eigenvalue weighted by atomic mass is 16.7. The van der Waals surface area contributed by atoms with Crippen LogP contribution in [0.1, 0.15) is 107 Å². The molecule has 1 spiro atoms. The van der Waals surface area contributed by atoms with E-state index in [9.17, 15) is 20.1 Å². The molecular weight excluding hydrogens is 869 g/mol. The van der Waals surface area contributed by atoms with Crippen molar-refractivity contribution in [1.29, 1.82) is 0 Å². The summed E-state index contributed by atoms with van der Waals surface area (Å²) in [6.07, 6.45) is 7.00. The van der Waals surface area contributed by atoms with E-state index >= 15 is 0 Å². The first-order valence-corrected chi connectivity index (χ1v) is 24.8. The molecule has 2 bridgehead atoms. The Balaban J connectivity index is 1.02. The van der Waals surface area contributed by atoms with Gasteiger partial charge in [-0.2, -0.15) is 0 Å². The minimum atomic E-state index is -1.81. The molecule has 0 aromatic heterocycles. The van der Waals surface area contributed by atoms with Crippen LogP contribution in [0.3, 0.4) is 0 Å². The van der Waals surface area contributed by atoms with E-state index in [4.69, 9.17) is 56.8 Å². The number of aliphatic hydroxyl groups is 3. The van der Waals surface area contributed by atoms with Crippen LogP contribution in [-0.2, 0) is 61.6 Å². The number of allylic oxidation sites excluding steroid dienone is 2. The smallest absolute Gasteiger partial charge is 0.316 e. The number of methoxy groups -OCH3 is 2. The Kier molecular flexibility index (Phi) is 18.1. The van der Waals surface area contributed by atoms with Gasteiger partial charge in [0.25, 0.3) is 0 Å². The van der Waals surface area contributed by atoms with Crippen molar-refractivity contribution < 1.29 is 77.0 Å². The molecule has 5 fully saturated rings. The number of esters is 1. The van der Waals surface area contributed by atoms with E-state index in [1.807, 2.05) is 26.0 Å². The fraction of sp³-hybridized carbons (Fsp3) is 0.824. The van der Waals surface area contributed by atoms with Gasteiger partial charge in [-0.1, -0.05) is 64.5 Å². The second-order valence-corrected chi connectivity index (χ2v) is 20.3. The zero-order valence-electron chi connectivity index (χ0n) is 41.4. The van der Waals surface area contributed by atoms with Crippen molar-refractivity contribution in [2.75, 3.05) is 40.8 Å². The van der Waals surface area contributed by atoms with Gasteiger partial charge < -0.3 is 72.2 Å². The largest absolute Gasteiger partial charge is 0.462 e. The summed E-state index contributed by atoms with van der Waals surface area (Å²) in [6, 6.07) is 0. The Labute approximate surface area is 397 Å². The Morgan fingerprint density at radius 1 is 0.910 bits per heavy atom. The van der Waals surface area contributed by atoms with Crippen LogP contribution in [0, 0.1) is 23.7 Å². The molecule has 16 heteroatoms. The maximum atomic E-state index is 14.3. The number of rotatable bonds is 13. The van der Waals surface area contributed by atoms with Gasteiger partial charge in [0, 0.05) is 52.2 Å². The van der Waals surface area contributed by atoms with Crippen LogP contribution in [-0.4, -0.2) is 159 Å². The van der Waals surface area contributed by atoms with Crippen molar-refractivity contribution in [3.8, 4) is 0 Å².